The zero-order valence-electron chi connectivity index (χ0n) is 16.9. The highest BCUT2D eigenvalue weighted by Gasteiger charge is 2.19. The molecule has 0 radical (unpaired) electrons. The Labute approximate surface area is 179 Å². The maximum absolute atomic E-state index is 12.7. The molecule has 1 fully saturated rings. The largest absolute Gasteiger partial charge is 0.365 e. The summed E-state index contributed by atoms with van der Waals surface area (Å²) in [4.78, 5) is 16.1. The standard InChI is InChI=1S/C12H14FNOS.C10H12N2S/c13-11-1-3-12(4-2-11)16-14-7-5-10(9-15)6-8-14;1-6-4-7(2)9-8(5-6)12-10(11-3)13-9/h1-4,9-10H,5-8H2;4-5H,1-3H3,(H,11,12). The van der Waals surface area contributed by atoms with Gasteiger partial charge in [-0.1, -0.05) is 17.4 Å². The molecule has 1 aliphatic heterocycles. The van der Waals surface area contributed by atoms with Crippen molar-refractivity contribution < 1.29 is 9.18 Å². The molecule has 0 unspecified atom stereocenters. The smallest absolute Gasteiger partial charge is 0.183 e. The van der Waals surface area contributed by atoms with Gasteiger partial charge in [0.05, 0.1) is 10.2 Å². The molecular weight excluding hydrogens is 405 g/mol. The number of aldehydes is 1. The Kier molecular flexibility index (Phi) is 7.64. The Morgan fingerprint density at radius 3 is 2.52 bits per heavy atom. The van der Waals surface area contributed by atoms with Gasteiger partial charge in [-0.25, -0.2) is 13.7 Å². The van der Waals surface area contributed by atoms with E-state index in [1.54, 1.807) is 35.4 Å². The maximum Gasteiger partial charge on any atom is 0.183 e. The number of carbonyl (C=O) groups is 1. The molecule has 2 heterocycles. The van der Waals surface area contributed by atoms with E-state index in [9.17, 15) is 9.18 Å². The number of rotatable bonds is 4. The van der Waals surface area contributed by atoms with Crippen molar-refractivity contribution in [3.05, 3.63) is 53.3 Å². The minimum atomic E-state index is -0.205. The van der Waals surface area contributed by atoms with Gasteiger partial charge >= 0.3 is 0 Å². The van der Waals surface area contributed by atoms with E-state index < -0.39 is 0 Å². The fourth-order valence-corrected chi connectivity index (χ4v) is 5.05. The van der Waals surface area contributed by atoms with E-state index in [-0.39, 0.29) is 11.7 Å². The molecule has 1 aromatic heterocycles. The van der Waals surface area contributed by atoms with Gasteiger partial charge in [-0.3, -0.25) is 0 Å². The summed E-state index contributed by atoms with van der Waals surface area (Å²) in [5.74, 6) is 0.0223. The second-order valence-corrected chi connectivity index (χ2v) is 9.32. The molecule has 0 spiro atoms. The first kappa shape index (κ1) is 21.7. The van der Waals surface area contributed by atoms with Crippen molar-refractivity contribution >= 4 is 44.9 Å². The molecule has 1 saturated heterocycles. The monoisotopic (exact) mass is 431 g/mol. The van der Waals surface area contributed by atoms with Gasteiger partial charge in [0.25, 0.3) is 0 Å². The molecule has 4 nitrogen and oxygen atoms in total. The highest BCUT2D eigenvalue weighted by Crippen LogP contribution is 2.29. The first-order valence-electron chi connectivity index (χ1n) is 9.68. The van der Waals surface area contributed by atoms with Crippen LogP contribution in [-0.2, 0) is 4.79 Å². The molecule has 7 heteroatoms. The van der Waals surface area contributed by atoms with E-state index >= 15 is 0 Å². The van der Waals surface area contributed by atoms with Crippen LogP contribution in [0.5, 0.6) is 0 Å². The third-order valence-electron chi connectivity index (χ3n) is 4.77. The third-order valence-corrected chi connectivity index (χ3v) is 7.10. The van der Waals surface area contributed by atoms with Crippen LogP contribution in [-0.4, -0.2) is 35.7 Å². The van der Waals surface area contributed by atoms with Crippen molar-refractivity contribution in [2.45, 2.75) is 31.6 Å². The predicted octanol–water partition coefficient (Wildman–Crippen LogP) is 5.70. The van der Waals surface area contributed by atoms with Gasteiger partial charge in [-0.15, -0.1) is 0 Å². The summed E-state index contributed by atoms with van der Waals surface area (Å²) in [6.07, 6.45) is 2.91. The summed E-state index contributed by atoms with van der Waals surface area (Å²) in [5, 5.41) is 4.06. The molecule has 1 aliphatic rings. The van der Waals surface area contributed by atoms with Gasteiger partial charge in [0.15, 0.2) is 5.13 Å². The van der Waals surface area contributed by atoms with Crippen molar-refractivity contribution in [1.29, 1.82) is 0 Å². The van der Waals surface area contributed by atoms with Crippen LogP contribution in [0, 0.1) is 25.6 Å². The highest BCUT2D eigenvalue weighted by molar-refractivity contribution is 7.97. The number of aromatic nitrogens is 1. The van der Waals surface area contributed by atoms with E-state index in [1.165, 1.54) is 28.0 Å². The lowest BCUT2D eigenvalue weighted by molar-refractivity contribution is -0.112. The van der Waals surface area contributed by atoms with Crippen molar-refractivity contribution in [3.8, 4) is 0 Å². The number of hydrogen-bond donors (Lipinski definition) is 1. The van der Waals surface area contributed by atoms with Crippen LogP contribution in [0.2, 0.25) is 0 Å². The van der Waals surface area contributed by atoms with E-state index in [1.807, 2.05) is 7.05 Å². The Morgan fingerprint density at radius 1 is 1.21 bits per heavy atom. The lowest BCUT2D eigenvalue weighted by Gasteiger charge is -2.28. The quantitative estimate of drug-likeness (QED) is 0.424. The SMILES string of the molecule is CNc1nc2cc(C)cc(C)c2s1.O=CC1CCN(Sc2ccc(F)cc2)CC1. The number of halogens is 1. The fraction of sp³-hybridized carbons (Fsp3) is 0.364. The van der Waals surface area contributed by atoms with Gasteiger partial charge in [0.2, 0.25) is 0 Å². The molecule has 1 N–H and O–H groups in total. The van der Waals surface area contributed by atoms with Crippen molar-refractivity contribution in [2.24, 2.45) is 5.92 Å². The fourth-order valence-electron chi connectivity index (χ4n) is 3.23. The summed E-state index contributed by atoms with van der Waals surface area (Å²) in [5.41, 5.74) is 3.69. The molecule has 0 amide bonds. The zero-order chi connectivity index (χ0) is 20.8. The van der Waals surface area contributed by atoms with E-state index in [2.05, 4.69) is 40.6 Å². The van der Waals surface area contributed by atoms with E-state index in [0.717, 1.165) is 47.8 Å². The molecule has 3 aromatic rings. The number of carbonyl (C=O) groups excluding carboxylic acids is 1. The van der Waals surface area contributed by atoms with Crippen LogP contribution in [0.25, 0.3) is 10.2 Å². The Morgan fingerprint density at radius 2 is 1.90 bits per heavy atom. The predicted molar refractivity (Wildman–Crippen MR) is 121 cm³/mol. The molecular formula is C22H26FN3OS2. The topological polar surface area (TPSA) is 45.2 Å². The average Bonchev–Trinajstić information content (AvgIpc) is 3.14. The minimum absolute atomic E-state index is 0.205. The van der Waals surface area contributed by atoms with Gasteiger partial charge < -0.3 is 10.1 Å². The molecule has 29 heavy (non-hydrogen) atoms. The van der Waals surface area contributed by atoms with Crippen molar-refractivity contribution in [3.63, 3.8) is 0 Å². The normalized spacial score (nSPS) is 15.0. The van der Waals surface area contributed by atoms with Crippen LogP contribution >= 0.6 is 23.3 Å². The average molecular weight is 432 g/mol. The van der Waals surface area contributed by atoms with Gasteiger partial charge in [0, 0.05) is 31.0 Å². The molecule has 0 aliphatic carbocycles. The minimum Gasteiger partial charge on any atom is -0.365 e. The Balaban J connectivity index is 0.000000169. The van der Waals surface area contributed by atoms with Crippen LogP contribution in [0.4, 0.5) is 9.52 Å². The highest BCUT2D eigenvalue weighted by atomic mass is 32.2. The van der Waals surface area contributed by atoms with Crippen molar-refractivity contribution in [1.82, 2.24) is 9.29 Å². The maximum atomic E-state index is 12.7. The first-order chi connectivity index (χ1) is 14.0. The molecule has 0 atom stereocenters. The molecule has 0 saturated carbocycles. The number of benzene rings is 2. The summed E-state index contributed by atoms with van der Waals surface area (Å²) >= 11 is 3.35. The number of aryl methyl sites for hydroxylation is 2. The van der Waals surface area contributed by atoms with E-state index in [0.29, 0.717) is 0 Å². The van der Waals surface area contributed by atoms with E-state index in [4.69, 9.17) is 0 Å². The van der Waals surface area contributed by atoms with Crippen LogP contribution < -0.4 is 5.32 Å². The van der Waals surface area contributed by atoms with Crippen molar-refractivity contribution in [2.75, 3.05) is 25.5 Å². The number of nitrogens with one attached hydrogen (secondary N) is 1. The molecule has 2 aromatic carbocycles. The number of piperidine rings is 1. The van der Waals surface area contributed by atoms with Crippen LogP contribution in [0.15, 0.2) is 41.3 Å². The molecule has 0 bridgehead atoms. The number of thiazole rings is 1. The first-order valence-corrected chi connectivity index (χ1v) is 11.3. The lowest BCUT2D eigenvalue weighted by Crippen LogP contribution is -2.28. The second kappa shape index (κ2) is 10.2. The second-order valence-electron chi connectivity index (χ2n) is 7.15. The van der Waals surface area contributed by atoms with Gasteiger partial charge in [-0.2, -0.15) is 0 Å². The van der Waals surface area contributed by atoms with Crippen LogP contribution in [0.3, 0.4) is 0 Å². The summed E-state index contributed by atoms with van der Waals surface area (Å²) in [6, 6.07) is 10.8. The molecule has 154 valence electrons. The lowest BCUT2D eigenvalue weighted by atomic mass is 10.0. The summed E-state index contributed by atoms with van der Waals surface area (Å²) in [6.45, 7) is 6.08. The number of nitrogens with zero attached hydrogens (tertiary/aromatic N) is 2. The summed E-state index contributed by atoms with van der Waals surface area (Å²) in [7, 11) is 1.90. The van der Waals surface area contributed by atoms with Crippen LogP contribution in [0.1, 0.15) is 24.0 Å². The Hall–Kier alpha value is -1.96. The summed E-state index contributed by atoms with van der Waals surface area (Å²) < 4.78 is 16.2. The number of fused-ring (bicyclic) bond motifs is 1. The number of hydrogen-bond acceptors (Lipinski definition) is 6. The zero-order valence-corrected chi connectivity index (χ0v) is 18.6. The third kappa shape index (κ3) is 6.01. The van der Waals surface area contributed by atoms with Gasteiger partial charge in [-0.05, 0) is 80.1 Å². The molecule has 4 rings (SSSR count). The number of anilines is 1. The Bertz CT molecular complexity index is 951. The van der Waals surface area contributed by atoms with Gasteiger partial charge in [0.1, 0.15) is 12.1 Å².